The number of aryl methyl sites for hydroxylation is 1. The van der Waals surface area contributed by atoms with Gasteiger partial charge < -0.3 is 4.74 Å². The predicted molar refractivity (Wildman–Crippen MR) is 50.6 cm³/mol. The van der Waals surface area contributed by atoms with Crippen LogP contribution in [0.4, 0.5) is 13.2 Å². The quantitative estimate of drug-likeness (QED) is 0.809. The van der Waals surface area contributed by atoms with Crippen molar-refractivity contribution in [3.8, 4) is 11.7 Å². The van der Waals surface area contributed by atoms with E-state index in [1.165, 1.54) is 12.5 Å². The fourth-order valence-corrected chi connectivity index (χ4v) is 1.16. The van der Waals surface area contributed by atoms with Gasteiger partial charge in [-0.3, -0.25) is 4.57 Å². The molecule has 0 aromatic carbocycles. The Hall–Kier alpha value is -2.12. The second kappa shape index (κ2) is 4.04. The first kappa shape index (κ1) is 11.4. The number of rotatable bonds is 2. The number of ether oxygens (including phenoxy) is 1. The lowest BCUT2D eigenvalue weighted by Crippen LogP contribution is -2.18. The summed E-state index contributed by atoms with van der Waals surface area (Å²) in [4.78, 5) is 11.2. The Morgan fingerprint density at radius 1 is 1.18 bits per heavy atom. The first-order chi connectivity index (χ1) is 7.94. The molecule has 5 nitrogen and oxygen atoms in total. The van der Waals surface area contributed by atoms with Gasteiger partial charge in [-0.25, -0.2) is 15.0 Å². The highest BCUT2D eigenvalue weighted by molar-refractivity contribution is 5.21. The molecule has 0 radical (unpaired) electrons. The van der Waals surface area contributed by atoms with E-state index in [0.717, 1.165) is 11.9 Å². The summed E-state index contributed by atoms with van der Waals surface area (Å²) >= 11 is 0. The maximum atomic E-state index is 11.9. The molecule has 0 fully saturated rings. The maximum absolute atomic E-state index is 11.9. The molecule has 0 amide bonds. The highest BCUT2D eigenvalue weighted by Crippen LogP contribution is 2.20. The van der Waals surface area contributed by atoms with Crippen molar-refractivity contribution in [2.75, 3.05) is 0 Å². The van der Waals surface area contributed by atoms with E-state index in [2.05, 4.69) is 19.7 Å². The van der Waals surface area contributed by atoms with Crippen LogP contribution in [0.5, 0.6) is 5.88 Å². The van der Waals surface area contributed by atoms with Crippen LogP contribution in [0.2, 0.25) is 0 Å². The Morgan fingerprint density at radius 3 is 2.41 bits per heavy atom. The molecule has 0 saturated heterocycles. The highest BCUT2D eigenvalue weighted by Gasteiger charge is 2.31. The summed E-state index contributed by atoms with van der Waals surface area (Å²) < 4.78 is 40.7. The summed E-state index contributed by atoms with van der Waals surface area (Å²) in [6.45, 7) is 1.78. The number of nitrogens with zero attached hydrogens (tertiary/aromatic N) is 4. The minimum Gasteiger partial charge on any atom is -0.386 e. The van der Waals surface area contributed by atoms with Crippen molar-refractivity contribution >= 4 is 0 Å². The zero-order valence-corrected chi connectivity index (χ0v) is 8.64. The number of halogens is 3. The average Bonchev–Trinajstić information content (AvgIpc) is 2.63. The van der Waals surface area contributed by atoms with E-state index >= 15 is 0 Å². The van der Waals surface area contributed by atoms with Crippen LogP contribution in [0.3, 0.4) is 0 Å². The molecule has 17 heavy (non-hydrogen) atoms. The van der Waals surface area contributed by atoms with Crippen LogP contribution in [-0.4, -0.2) is 25.9 Å². The highest BCUT2D eigenvalue weighted by atomic mass is 19.4. The van der Waals surface area contributed by atoms with Crippen LogP contribution in [0.15, 0.2) is 24.9 Å². The van der Waals surface area contributed by atoms with Gasteiger partial charge in [-0.15, -0.1) is 13.2 Å². The van der Waals surface area contributed by atoms with Crippen LogP contribution in [-0.2, 0) is 0 Å². The average molecular weight is 244 g/mol. The first-order valence-electron chi connectivity index (χ1n) is 4.53. The van der Waals surface area contributed by atoms with E-state index in [0.29, 0.717) is 5.82 Å². The fraction of sp³-hybridized carbons (Fsp3) is 0.222. The summed E-state index contributed by atoms with van der Waals surface area (Å²) in [5.74, 6) is -0.238. The van der Waals surface area contributed by atoms with Gasteiger partial charge in [0.25, 0.3) is 0 Å². The van der Waals surface area contributed by atoms with E-state index in [1.54, 1.807) is 17.7 Å². The van der Waals surface area contributed by atoms with Gasteiger partial charge in [0.15, 0.2) is 5.82 Å². The van der Waals surface area contributed by atoms with Crippen LogP contribution >= 0.6 is 0 Å². The number of hydrogen-bond acceptors (Lipinski definition) is 4. The lowest BCUT2D eigenvalue weighted by molar-refractivity contribution is -0.276. The Balaban J connectivity index is 2.19. The summed E-state index contributed by atoms with van der Waals surface area (Å²) in [5, 5.41) is 0. The Morgan fingerprint density at radius 2 is 1.94 bits per heavy atom. The van der Waals surface area contributed by atoms with Gasteiger partial charge in [-0.2, -0.15) is 0 Å². The molecule has 0 bridgehead atoms. The smallest absolute Gasteiger partial charge is 0.386 e. The standard InChI is InChI=1S/C9H7F3N4O/c1-6-4-16(5-15-6)7-2-14-8(3-13-7)17-9(10,11)12/h2-5H,1H3. The van der Waals surface area contributed by atoms with E-state index in [4.69, 9.17) is 0 Å². The summed E-state index contributed by atoms with van der Waals surface area (Å²) in [5.41, 5.74) is 0.766. The molecule has 90 valence electrons. The minimum absolute atomic E-state index is 0.361. The fourth-order valence-electron chi connectivity index (χ4n) is 1.16. The van der Waals surface area contributed by atoms with Crippen molar-refractivity contribution in [3.63, 3.8) is 0 Å². The summed E-state index contributed by atoms with van der Waals surface area (Å²) in [7, 11) is 0. The van der Waals surface area contributed by atoms with Gasteiger partial charge >= 0.3 is 6.36 Å². The van der Waals surface area contributed by atoms with Crippen molar-refractivity contribution < 1.29 is 17.9 Å². The number of hydrogen-bond donors (Lipinski definition) is 0. The molecule has 0 N–H and O–H groups in total. The van der Waals surface area contributed by atoms with Gasteiger partial charge in [-0.1, -0.05) is 0 Å². The van der Waals surface area contributed by atoms with Crippen molar-refractivity contribution in [2.45, 2.75) is 13.3 Å². The second-order valence-corrected chi connectivity index (χ2v) is 3.18. The topological polar surface area (TPSA) is 52.8 Å². The van der Waals surface area contributed by atoms with Crippen molar-refractivity contribution in [2.24, 2.45) is 0 Å². The SMILES string of the molecule is Cc1cn(-c2cnc(OC(F)(F)F)cn2)cn1. The molecule has 0 atom stereocenters. The van der Waals surface area contributed by atoms with Crippen LogP contribution < -0.4 is 4.74 Å². The third-order valence-corrected chi connectivity index (χ3v) is 1.81. The molecular formula is C9H7F3N4O. The zero-order valence-electron chi connectivity index (χ0n) is 8.64. The molecule has 0 aliphatic rings. The molecule has 0 aliphatic heterocycles. The Labute approximate surface area is 93.9 Å². The number of alkyl halides is 3. The van der Waals surface area contributed by atoms with Crippen molar-refractivity contribution in [3.05, 3.63) is 30.6 Å². The summed E-state index contributed by atoms with van der Waals surface area (Å²) in [6.07, 6.45) is 0.472. The molecule has 0 saturated carbocycles. The van der Waals surface area contributed by atoms with Gasteiger partial charge in [0, 0.05) is 6.20 Å². The lowest BCUT2D eigenvalue weighted by Gasteiger charge is -2.07. The lowest BCUT2D eigenvalue weighted by atomic mass is 10.5. The van der Waals surface area contributed by atoms with Gasteiger partial charge in [-0.05, 0) is 6.92 Å². The minimum atomic E-state index is -4.76. The third-order valence-electron chi connectivity index (χ3n) is 1.81. The van der Waals surface area contributed by atoms with Crippen molar-refractivity contribution in [1.29, 1.82) is 0 Å². The number of imidazole rings is 1. The third kappa shape index (κ3) is 2.92. The Kier molecular flexibility index (Phi) is 2.70. The monoisotopic (exact) mass is 244 g/mol. The first-order valence-corrected chi connectivity index (χ1v) is 4.53. The van der Waals surface area contributed by atoms with Crippen molar-refractivity contribution in [1.82, 2.24) is 19.5 Å². The van der Waals surface area contributed by atoms with E-state index in [9.17, 15) is 13.2 Å². The second-order valence-electron chi connectivity index (χ2n) is 3.18. The van der Waals surface area contributed by atoms with E-state index < -0.39 is 12.2 Å². The predicted octanol–water partition coefficient (Wildman–Crippen LogP) is 1.87. The van der Waals surface area contributed by atoms with Crippen LogP contribution in [0, 0.1) is 6.92 Å². The number of aromatic nitrogens is 4. The van der Waals surface area contributed by atoms with Crippen LogP contribution in [0.25, 0.3) is 5.82 Å². The molecule has 2 rings (SSSR count). The van der Waals surface area contributed by atoms with Gasteiger partial charge in [0.1, 0.15) is 6.33 Å². The van der Waals surface area contributed by atoms with Gasteiger partial charge in [0.05, 0.1) is 18.1 Å². The molecule has 0 unspecified atom stereocenters. The van der Waals surface area contributed by atoms with E-state index in [1.807, 2.05) is 0 Å². The molecule has 2 aromatic heterocycles. The largest absolute Gasteiger partial charge is 0.574 e. The molecular weight excluding hydrogens is 237 g/mol. The van der Waals surface area contributed by atoms with Gasteiger partial charge in [0.2, 0.25) is 5.88 Å². The van der Waals surface area contributed by atoms with Crippen LogP contribution in [0.1, 0.15) is 5.69 Å². The molecule has 2 heterocycles. The normalized spacial score (nSPS) is 11.5. The molecule has 0 aliphatic carbocycles. The molecule has 2 aromatic rings. The molecule has 0 spiro atoms. The maximum Gasteiger partial charge on any atom is 0.574 e. The molecule has 8 heteroatoms. The van der Waals surface area contributed by atoms with E-state index in [-0.39, 0.29) is 0 Å². The zero-order chi connectivity index (χ0) is 12.5. The Bertz CT molecular complexity index is 506. The summed E-state index contributed by atoms with van der Waals surface area (Å²) in [6, 6.07) is 0.